The molecule has 0 saturated heterocycles. The Bertz CT molecular complexity index is 416. The van der Waals surface area contributed by atoms with Gasteiger partial charge < -0.3 is 11.1 Å². The van der Waals surface area contributed by atoms with E-state index < -0.39 is 0 Å². The van der Waals surface area contributed by atoms with Crippen molar-refractivity contribution in [3.63, 3.8) is 0 Å². The lowest BCUT2D eigenvalue weighted by Crippen LogP contribution is -2.33. The normalized spacial score (nSPS) is 16.6. The van der Waals surface area contributed by atoms with E-state index in [-0.39, 0.29) is 17.1 Å². The monoisotopic (exact) mass is 236 g/mol. The van der Waals surface area contributed by atoms with Crippen LogP contribution in [0.5, 0.6) is 0 Å². The largest absolute Gasteiger partial charge is 0.355 e. The van der Waals surface area contributed by atoms with Gasteiger partial charge >= 0.3 is 0 Å². The second kappa shape index (κ2) is 4.84. The van der Waals surface area contributed by atoms with Gasteiger partial charge in [0.2, 0.25) is 5.91 Å². The van der Waals surface area contributed by atoms with Crippen molar-refractivity contribution in [3.8, 4) is 0 Å². The molecule has 1 amide bonds. The lowest BCUT2D eigenvalue weighted by Gasteiger charge is -2.16. The molecule has 0 aromatic heterocycles. The molecular weight excluding hydrogens is 219 g/mol. The van der Waals surface area contributed by atoms with Gasteiger partial charge in [0.05, 0.1) is 0 Å². The summed E-state index contributed by atoms with van der Waals surface area (Å²) in [5, 5.41) is 2.86. The molecule has 17 heavy (non-hydrogen) atoms. The third kappa shape index (κ3) is 2.82. The maximum atomic E-state index is 13.1. The quantitative estimate of drug-likeness (QED) is 0.810. The van der Waals surface area contributed by atoms with Gasteiger partial charge in [-0.1, -0.05) is 12.1 Å². The molecule has 1 saturated carbocycles. The lowest BCUT2D eigenvalue weighted by atomic mass is 9.96. The highest BCUT2D eigenvalue weighted by molar-refractivity contribution is 5.76. The Labute approximate surface area is 100 Å². The van der Waals surface area contributed by atoms with Crippen LogP contribution in [0.25, 0.3) is 0 Å². The minimum Gasteiger partial charge on any atom is -0.355 e. The predicted octanol–water partition coefficient (Wildman–Crippen LogP) is 1.32. The summed E-state index contributed by atoms with van der Waals surface area (Å²) in [7, 11) is 0. The van der Waals surface area contributed by atoms with Crippen LogP contribution in [0.3, 0.4) is 0 Å². The minimum absolute atomic E-state index is 0.0322. The van der Waals surface area contributed by atoms with E-state index in [2.05, 4.69) is 5.32 Å². The molecule has 0 bridgehead atoms. The summed E-state index contributed by atoms with van der Waals surface area (Å²) in [5.74, 6) is -0.253. The van der Waals surface area contributed by atoms with Crippen LogP contribution < -0.4 is 11.1 Å². The summed E-state index contributed by atoms with van der Waals surface area (Å²) < 4.78 is 13.1. The van der Waals surface area contributed by atoms with Gasteiger partial charge in [-0.05, 0) is 30.5 Å². The van der Waals surface area contributed by atoms with E-state index in [0.717, 1.165) is 18.4 Å². The number of benzene rings is 1. The summed E-state index contributed by atoms with van der Waals surface area (Å²) in [5.41, 5.74) is 6.23. The Hall–Kier alpha value is -1.42. The van der Waals surface area contributed by atoms with E-state index in [1.807, 2.05) is 6.07 Å². The molecule has 1 fully saturated rings. The Morgan fingerprint density at radius 3 is 2.82 bits per heavy atom. The highest BCUT2D eigenvalue weighted by Crippen LogP contribution is 2.47. The van der Waals surface area contributed by atoms with Crippen LogP contribution in [0.15, 0.2) is 24.3 Å². The molecule has 1 aromatic carbocycles. The van der Waals surface area contributed by atoms with Crippen molar-refractivity contribution in [2.24, 2.45) is 5.73 Å². The fraction of sp³-hybridized carbons (Fsp3) is 0.462. The highest BCUT2D eigenvalue weighted by Gasteiger charge is 2.44. The van der Waals surface area contributed by atoms with Crippen molar-refractivity contribution < 1.29 is 9.18 Å². The first-order chi connectivity index (χ1) is 8.16. The van der Waals surface area contributed by atoms with Crippen LogP contribution in [0, 0.1) is 5.82 Å². The van der Waals surface area contributed by atoms with Crippen LogP contribution in [0.1, 0.15) is 24.8 Å². The van der Waals surface area contributed by atoms with Crippen LogP contribution in [-0.2, 0) is 10.2 Å². The van der Waals surface area contributed by atoms with Crippen LogP contribution in [0.4, 0.5) is 4.39 Å². The van der Waals surface area contributed by atoms with E-state index in [1.54, 1.807) is 12.1 Å². The first-order valence-corrected chi connectivity index (χ1v) is 5.89. The van der Waals surface area contributed by atoms with E-state index in [4.69, 9.17) is 5.73 Å². The third-order valence-corrected chi connectivity index (χ3v) is 3.29. The Morgan fingerprint density at radius 1 is 1.47 bits per heavy atom. The molecule has 0 radical (unpaired) electrons. The van der Waals surface area contributed by atoms with Gasteiger partial charge in [0.25, 0.3) is 0 Å². The lowest BCUT2D eigenvalue weighted by molar-refractivity contribution is -0.121. The molecule has 0 heterocycles. The zero-order valence-electron chi connectivity index (χ0n) is 9.71. The van der Waals surface area contributed by atoms with Gasteiger partial charge in [-0.25, -0.2) is 4.39 Å². The Kier molecular flexibility index (Phi) is 3.43. The van der Waals surface area contributed by atoms with Crippen molar-refractivity contribution in [2.45, 2.75) is 24.7 Å². The molecule has 1 aliphatic carbocycles. The van der Waals surface area contributed by atoms with Crippen molar-refractivity contribution >= 4 is 5.91 Å². The van der Waals surface area contributed by atoms with Crippen molar-refractivity contribution in [1.82, 2.24) is 5.32 Å². The predicted molar refractivity (Wildman–Crippen MR) is 64.0 cm³/mol. The number of hydrogen-bond donors (Lipinski definition) is 2. The molecule has 3 N–H and O–H groups in total. The molecule has 0 atom stereocenters. The summed E-state index contributed by atoms with van der Waals surface area (Å²) in [6.07, 6.45) is 2.35. The number of hydrogen-bond acceptors (Lipinski definition) is 2. The third-order valence-electron chi connectivity index (χ3n) is 3.29. The molecular formula is C13H17FN2O. The number of nitrogens with one attached hydrogen (secondary N) is 1. The molecule has 0 unspecified atom stereocenters. The fourth-order valence-electron chi connectivity index (χ4n) is 2.02. The van der Waals surface area contributed by atoms with E-state index in [0.29, 0.717) is 19.5 Å². The van der Waals surface area contributed by atoms with Gasteiger partial charge in [-0.15, -0.1) is 0 Å². The molecule has 92 valence electrons. The van der Waals surface area contributed by atoms with Crippen molar-refractivity contribution in [3.05, 3.63) is 35.6 Å². The van der Waals surface area contributed by atoms with Gasteiger partial charge in [0, 0.05) is 24.9 Å². The summed E-state index contributed by atoms with van der Waals surface area (Å²) >= 11 is 0. The molecule has 4 heteroatoms. The minimum atomic E-state index is -0.220. The van der Waals surface area contributed by atoms with E-state index >= 15 is 0 Å². The van der Waals surface area contributed by atoms with E-state index in [1.165, 1.54) is 6.07 Å². The zero-order valence-corrected chi connectivity index (χ0v) is 9.71. The topological polar surface area (TPSA) is 55.1 Å². The van der Waals surface area contributed by atoms with Crippen LogP contribution >= 0.6 is 0 Å². The summed E-state index contributed by atoms with van der Waals surface area (Å²) in [6, 6.07) is 6.63. The molecule has 1 aliphatic rings. The van der Waals surface area contributed by atoms with Gasteiger partial charge in [0.15, 0.2) is 0 Å². The van der Waals surface area contributed by atoms with Gasteiger partial charge in [-0.2, -0.15) is 0 Å². The summed E-state index contributed by atoms with van der Waals surface area (Å²) in [4.78, 5) is 11.4. The highest BCUT2D eigenvalue weighted by atomic mass is 19.1. The standard InChI is InChI=1S/C13H17FN2O/c14-11-3-1-2-10(8-11)13(5-6-13)9-16-12(17)4-7-15/h1-3,8H,4-7,9,15H2,(H,16,17). The summed E-state index contributed by atoms with van der Waals surface area (Å²) in [6.45, 7) is 0.939. The average Bonchev–Trinajstić information content (AvgIpc) is 3.08. The van der Waals surface area contributed by atoms with Gasteiger partial charge in [-0.3, -0.25) is 4.79 Å². The number of nitrogens with two attached hydrogens (primary N) is 1. The van der Waals surface area contributed by atoms with Crippen LogP contribution in [0.2, 0.25) is 0 Å². The van der Waals surface area contributed by atoms with Crippen molar-refractivity contribution in [1.29, 1.82) is 0 Å². The number of carbonyl (C=O) groups is 1. The number of amides is 1. The molecule has 2 rings (SSSR count). The Balaban J connectivity index is 1.98. The average molecular weight is 236 g/mol. The SMILES string of the molecule is NCCC(=O)NCC1(c2cccc(F)c2)CC1. The number of carbonyl (C=O) groups excluding carboxylic acids is 1. The molecule has 1 aromatic rings. The fourth-order valence-corrected chi connectivity index (χ4v) is 2.02. The Morgan fingerprint density at radius 2 is 2.24 bits per heavy atom. The van der Waals surface area contributed by atoms with Gasteiger partial charge in [0.1, 0.15) is 5.82 Å². The van der Waals surface area contributed by atoms with E-state index in [9.17, 15) is 9.18 Å². The molecule has 3 nitrogen and oxygen atoms in total. The number of rotatable bonds is 5. The number of halogens is 1. The smallest absolute Gasteiger partial charge is 0.221 e. The molecule has 0 aliphatic heterocycles. The first-order valence-electron chi connectivity index (χ1n) is 5.89. The van der Waals surface area contributed by atoms with Crippen molar-refractivity contribution in [2.75, 3.05) is 13.1 Å². The van der Waals surface area contributed by atoms with Crippen LogP contribution in [-0.4, -0.2) is 19.0 Å². The maximum absolute atomic E-state index is 13.1. The maximum Gasteiger partial charge on any atom is 0.221 e. The second-order valence-corrected chi connectivity index (χ2v) is 4.61. The first kappa shape index (κ1) is 12.0. The zero-order chi connectivity index (χ0) is 12.3. The second-order valence-electron chi connectivity index (χ2n) is 4.61. The molecule has 0 spiro atoms.